The first-order valence-electron chi connectivity index (χ1n) is 4.67. The predicted molar refractivity (Wildman–Crippen MR) is 63.1 cm³/mol. The number of aromatic amines is 1. The summed E-state index contributed by atoms with van der Waals surface area (Å²) in [6.45, 7) is 0. The number of nitrogens with zero attached hydrogens (tertiary/aromatic N) is 1. The normalized spacial score (nSPS) is 10.3. The van der Waals surface area contributed by atoms with Crippen molar-refractivity contribution in [3.8, 4) is 11.4 Å². The zero-order chi connectivity index (χ0) is 11.5. The lowest BCUT2D eigenvalue weighted by molar-refractivity contribution is -0.136. The Morgan fingerprint density at radius 3 is 2.88 bits per heavy atom. The lowest BCUT2D eigenvalue weighted by Crippen LogP contribution is -1.99. The van der Waals surface area contributed by atoms with Crippen molar-refractivity contribution in [1.29, 1.82) is 0 Å². The van der Waals surface area contributed by atoms with E-state index in [1.165, 1.54) is 0 Å². The Labute approximate surface area is 100 Å². The Bertz CT molecular complexity index is 522. The summed E-state index contributed by atoms with van der Waals surface area (Å²) in [4.78, 5) is 17.7. The molecule has 16 heavy (non-hydrogen) atoms. The highest BCUT2D eigenvalue weighted by molar-refractivity contribution is 9.10. The van der Waals surface area contributed by atoms with Gasteiger partial charge in [0.05, 0.1) is 6.42 Å². The van der Waals surface area contributed by atoms with Gasteiger partial charge in [-0.25, -0.2) is 4.98 Å². The number of H-pyrrole nitrogens is 1. The van der Waals surface area contributed by atoms with E-state index >= 15 is 0 Å². The molecule has 2 N–H and O–H groups in total. The van der Waals surface area contributed by atoms with Crippen LogP contribution in [0, 0.1) is 0 Å². The van der Waals surface area contributed by atoms with Crippen LogP contribution in [0.25, 0.3) is 11.4 Å². The number of hydrogen-bond acceptors (Lipinski definition) is 2. The number of aromatic nitrogens is 2. The summed E-state index contributed by atoms with van der Waals surface area (Å²) in [5.41, 5.74) is 1.51. The van der Waals surface area contributed by atoms with Crippen molar-refractivity contribution in [2.45, 2.75) is 6.42 Å². The van der Waals surface area contributed by atoms with Crippen molar-refractivity contribution in [3.05, 3.63) is 40.6 Å². The summed E-state index contributed by atoms with van der Waals surface area (Å²) in [7, 11) is 0. The van der Waals surface area contributed by atoms with Crippen LogP contribution in [0.5, 0.6) is 0 Å². The van der Waals surface area contributed by atoms with E-state index in [0.29, 0.717) is 11.5 Å². The molecule has 0 bridgehead atoms. The molecule has 0 unspecified atom stereocenters. The second kappa shape index (κ2) is 4.49. The largest absolute Gasteiger partial charge is 0.481 e. The molecule has 0 aliphatic rings. The van der Waals surface area contributed by atoms with Crippen molar-refractivity contribution in [2.75, 3.05) is 0 Å². The molecule has 0 amide bonds. The van der Waals surface area contributed by atoms with Crippen LogP contribution in [0.15, 0.2) is 34.9 Å². The van der Waals surface area contributed by atoms with E-state index in [0.717, 1.165) is 10.0 Å². The molecule has 0 fully saturated rings. The third-order valence-corrected chi connectivity index (χ3v) is 2.79. The SMILES string of the molecule is O=C(O)Cc1cnc(-c2ccccc2Br)[nH]1. The van der Waals surface area contributed by atoms with Crippen LogP contribution in [0.1, 0.15) is 5.69 Å². The third kappa shape index (κ3) is 2.30. The molecule has 2 rings (SSSR count). The average molecular weight is 281 g/mol. The van der Waals surface area contributed by atoms with Gasteiger partial charge in [-0.05, 0) is 6.07 Å². The quantitative estimate of drug-likeness (QED) is 0.908. The first kappa shape index (κ1) is 10.9. The molecule has 1 aromatic carbocycles. The third-order valence-electron chi connectivity index (χ3n) is 2.10. The number of carbonyl (C=O) groups is 1. The van der Waals surface area contributed by atoms with Gasteiger partial charge >= 0.3 is 5.97 Å². The second-order valence-corrected chi connectivity index (χ2v) is 4.16. The van der Waals surface area contributed by atoms with Gasteiger partial charge in [-0.2, -0.15) is 0 Å². The van der Waals surface area contributed by atoms with Gasteiger partial charge in [0.1, 0.15) is 5.82 Å². The van der Waals surface area contributed by atoms with E-state index < -0.39 is 5.97 Å². The van der Waals surface area contributed by atoms with Crippen LogP contribution < -0.4 is 0 Å². The number of aliphatic carboxylic acids is 1. The van der Waals surface area contributed by atoms with Crippen LogP contribution in [0.2, 0.25) is 0 Å². The fraction of sp³-hybridized carbons (Fsp3) is 0.0909. The van der Waals surface area contributed by atoms with Crippen molar-refractivity contribution < 1.29 is 9.90 Å². The number of nitrogens with one attached hydrogen (secondary N) is 1. The molecule has 4 nitrogen and oxygen atoms in total. The Morgan fingerprint density at radius 2 is 2.19 bits per heavy atom. The standard InChI is InChI=1S/C11H9BrN2O2/c12-9-4-2-1-3-8(9)11-13-6-7(14-11)5-10(15)16/h1-4,6H,5H2,(H,13,14)(H,15,16). The van der Waals surface area contributed by atoms with Crippen LogP contribution in [-0.4, -0.2) is 21.0 Å². The zero-order valence-electron chi connectivity index (χ0n) is 8.27. The molecule has 5 heteroatoms. The van der Waals surface area contributed by atoms with E-state index in [-0.39, 0.29) is 6.42 Å². The highest BCUT2D eigenvalue weighted by Crippen LogP contribution is 2.25. The molecule has 0 saturated heterocycles. The minimum atomic E-state index is -0.873. The summed E-state index contributed by atoms with van der Waals surface area (Å²) in [6.07, 6.45) is 1.50. The lowest BCUT2D eigenvalue weighted by atomic mass is 10.2. The molecule has 0 spiro atoms. The number of carboxylic acids is 1. The van der Waals surface area contributed by atoms with Crippen molar-refractivity contribution in [3.63, 3.8) is 0 Å². The maximum absolute atomic E-state index is 10.5. The van der Waals surface area contributed by atoms with Crippen LogP contribution in [0.4, 0.5) is 0 Å². The number of rotatable bonds is 3. The molecule has 0 atom stereocenters. The lowest BCUT2D eigenvalue weighted by Gasteiger charge is -1.99. The van der Waals surface area contributed by atoms with Gasteiger partial charge in [0.15, 0.2) is 0 Å². The van der Waals surface area contributed by atoms with Crippen molar-refractivity contribution in [2.24, 2.45) is 0 Å². The number of imidazole rings is 1. The fourth-order valence-corrected chi connectivity index (χ4v) is 1.87. The molecule has 1 aromatic heterocycles. The van der Waals surface area contributed by atoms with E-state index in [9.17, 15) is 4.79 Å². The number of halogens is 1. The Kier molecular flexibility index (Phi) is 3.05. The molecule has 82 valence electrons. The minimum absolute atomic E-state index is 0.0442. The molecule has 0 saturated carbocycles. The van der Waals surface area contributed by atoms with Gasteiger partial charge in [-0.1, -0.05) is 34.1 Å². The number of carboxylic acid groups (broad SMARTS) is 1. The first-order valence-corrected chi connectivity index (χ1v) is 5.46. The van der Waals surface area contributed by atoms with Gasteiger partial charge in [0.25, 0.3) is 0 Å². The zero-order valence-corrected chi connectivity index (χ0v) is 9.86. The van der Waals surface area contributed by atoms with Crippen LogP contribution in [-0.2, 0) is 11.2 Å². The van der Waals surface area contributed by atoms with Gasteiger partial charge in [-0.3, -0.25) is 4.79 Å². The number of benzene rings is 1. The smallest absolute Gasteiger partial charge is 0.309 e. The molecule has 0 aliphatic heterocycles. The fourth-order valence-electron chi connectivity index (χ4n) is 1.40. The monoisotopic (exact) mass is 280 g/mol. The van der Waals surface area contributed by atoms with Gasteiger partial charge in [-0.15, -0.1) is 0 Å². The summed E-state index contributed by atoms with van der Waals surface area (Å²) in [6, 6.07) is 7.64. The predicted octanol–water partition coefficient (Wildman–Crippen LogP) is 2.47. The van der Waals surface area contributed by atoms with E-state index in [2.05, 4.69) is 25.9 Å². The molecular weight excluding hydrogens is 272 g/mol. The van der Waals surface area contributed by atoms with Gasteiger partial charge < -0.3 is 10.1 Å². The second-order valence-electron chi connectivity index (χ2n) is 3.31. The molecule has 1 heterocycles. The van der Waals surface area contributed by atoms with E-state index in [4.69, 9.17) is 5.11 Å². The molecule has 0 radical (unpaired) electrons. The van der Waals surface area contributed by atoms with Crippen LogP contribution >= 0.6 is 15.9 Å². The van der Waals surface area contributed by atoms with Gasteiger partial charge in [0, 0.05) is 21.9 Å². The summed E-state index contributed by atoms with van der Waals surface area (Å²) < 4.78 is 0.922. The van der Waals surface area contributed by atoms with E-state index in [1.807, 2.05) is 24.3 Å². The maximum Gasteiger partial charge on any atom is 0.309 e. The Hall–Kier alpha value is -1.62. The first-order chi connectivity index (χ1) is 7.66. The summed E-state index contributed by atoms with van der Waals surface area (Å²) in [5.74, 6) is -0.203. The van der Waals surface area contributed by atoms with Crippen LogP contribution in [0.3, 0.4) is 0 Å². The molecule has 2 aromatic rings. The minimum Gasteiger partial charge on any atom is -0.481 e. The summed E-state index contributed by atoms with van der Waals surface area (Å²) in [5, 5.41) is 8.64. The van der Waals surface area contributed by atoms with Gasteiger partial charge in [0.2, 0.25) is 0 Å². The maximum atomic E-state index is 10.5. The molecular formula is C11H9BrN2O2. The highest BCUT2D eigenvalue weighted by atomic mass is 79.9. The van der Waals surface area contributed by atoms with E-state index in [1.54, 1.807) is 6.20 Å². The van der Waals surface area contributed by atoms with Crippen molar-refractivity contribution in [1.82, 2.24) is 9.97 Å². The highest BCUT2D eigenvalue weighted by Gasteiger charge is 2.08. The Balaban J connectivity index is 2.32. The topological polar surface area (TPSA) is 66.0 Å². The summed E-state index contributed by atoms with van der Waals surface area (Å²) >= 11 is 3.42. The number of hydrogen-bond donors (Lipinski definition) is 2. The molecule has 0 aliphatic carbocycles. The average Bonchev–Trinajstić information content (AvgIpc) is 2.66. The Morgan fingerprint density at radius 1 is 1.44 bits per heavy atom. The van der Waals surface area contributed by atoms with Crippen molar-refractivity contribution >= 4 is 21.9 Å².